The first-order valence-electron chi connectivity index (χ1n) is 9.71. The van der Waals surface area contributed by atoms with Gasteiger partial charge in [-0.2, -0.15) is 0 Å². The number of piperidine rings is 1. The fraction of sp³-hybridized carbons (Fsp3) is 0.650. The monoisotopic (exact) mass is 379 g/mol. The number of carbonyl (C=O) groups excluding carboxylic acids is 1. The lowest BCUT2D eigenvalue weighted by atomic mass is 9.90. The number of anilines is 1. The van der Waals surface area contributed by atoms with Crippen molar-refractivity contribution in [2.75, 3.05) is 57.3 Å². The molecule has 2 N–H and O–H groups in total. The predicted molar refractivity (Wildman–Crippen MR) is 102 cm³/mol. The quantitative estimate of drug-likeness (QED) is 0.815. The Hall–Kier alpha value is -1.70. The first kappa shape index (κ1) is 20.0. The number of carbonyl (C=O) groups is 1. The van der Waals surface area contributed by atoms with E-state index in [1.54, 1.807) is 24.0 Å². The second-order valence-corrected chi connectivity index (χ2v) is 7.91. The molecule has 0 unspecified atom stereocenters. The summed E-state index contributed by atoms with van der Waals surface area (Å²) in [6.07, 6.45) is 1.14. The summed E-state index contributed by atoms with van der Waals surface area (Å²) in [4.78, 5) is 17.6. The third-order valence-corrected chi connectivity index (χ3v) is 5.79. The number of rotatable bonds is 4. The van der Waals surface area contributed by atoms with E-state index in [4.69, 9.17) is 0 Å². The van der Waals surface area contributed by atoms with Gasteiger partial charge in [-0.15, -0.1) is 0 Å². The molecule has 0 saturated carbocycles. The molecule has 0 aliphatic carbocycles. The largest absolute Gasteiger partial charge is 0.396 e. The molecule has 0 spiro atoms. The van der Waals surface area contributed by atoms with Gasteiger partial charge in [0.25, 0.3) is 0 Å². The number of hydrogen-bond acceptors (Lipinski definition) is 5. The summed E-state index contributed by atoms with van der Waals surface area (Å²) in [6.45, 7) is 5.83. The molecule has 2 heterocycles. The highest BCUT2D eigenvalue weighted by molar-refractivity contribution is 5.73. The number of β-amino-alcohol motifs (C(OH)–C–C–N with tert-alkyl or cyclic N) is 1. The van der Waals surface area contributed by atoms with Gasteiger partial charge >= 0.3 is 0 Å². The van der Waals surface area contributed by atoms with Gasteiger partial charge in [-0.05, 0) is 25.0 Å². The summed E-state index contributed by atoms with van der Waals surface area (Å²) in [6, 6.07) is 6.74. The fourth-order valence-corrected chi connectivity index (χ4v) is 4.17. The smallest absolute Gasteiger partial charge is 0.219 e. The number of halogens is 1. The van der Waals surface area contributed by atoms with Crippen LogP contribution in [0.5, 0.6) is 0 Å². The summed E-state index contributed by atoms with van der Waals surface area (Å²) in [5.41, 5.74) is -0.237. The average molecular weight is 379 g/mol. The summed E-state index contributed by atoms with van der Waals surface area (Å²) in [5, 5.41) is 20.7. The molecular formula is C20H30FN3O3. The van der Waals surface area contributed by atoms with E-state index in [2.05, 4.69) is 4.90 Å². The lowest BCUT2D eigenvalue weighted by Crippen LogP contribution is -2.52. The first-order chi connectivity index (χ1) is 12.9. The van der Waals surface area contributed by atoms with E-state index in [1.165, 1.54) is 6.07 Å². The van der Waals surface area contributed by atoms with Crippen LogP contribution in [0.25, 0.3) is 0 Å². The van der Waals surface area contributed by atoms with Crippen molar-refractivity contribution < 1.29 is 19.4 Å². The molecule has 3 rings (SSSR count). The highest BCUT2D eigenvalue weighted by Gasteiger charge is 2.36. The number of para-hydroxylation sites is 1. The fourth-order valence-electron chi connectivity index (χ4n) is 4.17. The molecule has 1 aromatic carbocycles. The maximum Gasteiger partial charge on any atom is 0.219 e. The minimum Gasteiger partial charge on any atom is -0.396 e. The van der Waals surface area contributed by atoms with Gasteiger partial charge in [-0.1, -0.05) is 12.1 Å². The van der Waals surface area contributed by atoms with Gasteiger partial charge in [0.15, 0.2) is 0 Å². The predicted octanol–water partition coefficient (Wildman–Crippen LogP) is 0.930. The van der Waals surface area contributed by atoms with Crippen molar-refractivity contribution in [2.24, 2.45) is 5.92 Å². The Morgan fingerprint density at radius 3 is 2.52 bits per heavy atom. The molecule has 1 aromatic rings. The summed E-state index contributed by atoms with van der Waals surface area (Å²) in [7, 11) is 0. The standard InChI is InChI=1S/C20H30FN3O3/c1-16(26)24-11-10-22(12-17(13-24)14-25)15-20(27)6-8-23(9-7-20)19-5-3-2-4-18(19)21/h2-5,17,25,27H,6-15H2,1H3/t17-/m0/s1. The molecule has 0 aromatic heterocycles. The van der Waals surface area contributed by atoms with Crippen LogP contribution in [0.3, 0.4) is 0 Å². The SMILES string of the molecule is CC(=O)N1CCN(CC2(O)CCN(c3ccccc3F)CC2)C[C@H](CO)C1. The van der Waals surface area contributed by atoms with E-state index in [0.717, 1.165) is 0 Å². The zero-order valence-electron chi connectivity index (χ0n) is 16.0. The van der Waals surface area contributed by atoms with Crippen LogP contribution < -0.4 is 4.90 Å². The normalized spacial score (nSPS) is 23.9. The van der Waals surface area contributed by atoms with Crippen LogP contribution in [0.2, 0.25) is 0 Å². The van der Waals surface area contributed by atoms with Crippen molar-refractivity contribution in [1.29, 1.82) is 0 Å². The van der Waals surface area contributed by atoms with E-state index in [1.807, 2.05) is 11.0 Å². The van der Waals surface area contributed by atoms with Crippen molar-refractivity contribution in [3.8, 4) is 0 Å². The van der Waals surface area contributed by atoms with Crippen LogP contribution in [0.1, 0.15) is 19.8 Å². The second-order valence-electron chi connectivity index (χ2n) is 7.91. The van der Waals surface area contributed by atoms with Crippen LogP contribution >= 0.6 is 0 Å². The Labute approximate surface area is 160 Å². The highest BCUT2D eigenvalue weighted by Crippen LogP contribution is 2.29. The topological polar surface area (TPSA) is 67.2 Å². The zero-order chi connectivity index (χ0) is 19.4. The van der Waals surface area contributed by atoms with E-state index >= 15 is 0 Å². The minimum atomic E-state index is -0.826. The maximum absolute atomic E-state index is 14.0. The molecular weight excluding hydrogens is 349 g/mol. The number of hydrogen-bond donors (Lipinski definition) is 2. The van der Waals surface area contributed by atoms with Gasteiger partial charge in [-0.25, -0.2) is 4.39 Å². The van der Waals surface area contributed by atoms with Crippen molar-refractivity contribution in [2.45, 2.75) is 25.4 Å². The molecule has 6 nitrogen and oxygen atoms in total. The summed E-state index contributed by atoms with van der Waals surface area (Å²) in [5.74, 6) is -0.212. The van der Waals surface area contributed by atoms with Crippen LogP contribution in [0.4, 0.5) is 10.1 Å². The second kappa shape index (κ2) is 8.54. The third kappa shape index (κ3) is 4.97. The molecule has 2 aliphatic heterocycles. The Morgan fingerprint density at radius 1 is 1.19 bits per heavy atom. The molecule has 0 radical (unpaired) electrons. The molecule has 2 fully saturated rings. The van der Waals surface area contributed by atoms with Gasteiger partial charge in [0, 0.05) is 65.3 Å². The lowest BCUT2D eigenvalue weighted by Gasteiger charge is -2.42. The zero-order valence-corrected chi connectivity index (χ0v) is 16.0. The summed E-state index contributed by atoms with van der Waals surface area (Å²) < 4.78 is 14.0. The third-order valence-electron chi connectivity index (χ3n) is 5.79. The molecule has 0 bridgehead atoms. The molecule has 7 heteroatoms. The van der Waals surface area contributed by atoms with Crippen molar-refractivity contribution in [1.82, 2.24) is 9.80 Å². The van der Waals surface area contributed by atoms with Gasteiger partial charge in [0.2, 0.25) is 5.91 Å². The Balaban J connectivity index is 1.59. The van der Waals surface area contributed by atoms with Gasteiger partial charge in [0.05, 0.1) is 11.3 Å². The van der Waals surface area contributed by atoms with Crippen LogP contribution in [0.15, 0.2) is 24.3 Å². The highest BCUT2D eigenvalue weighted by atomic mass is 19.1. The Bertz CT molecular complexity index is 649. The van der Waals surface area contributed by atoms with E-state index < -0.39 is 5.60 Å². The van der Waals surface area contributed by atoms with E-state index in [9.17, 15) is 19.4 Å². The van der Waals surface area contributed by atoms with E-state index in [-0.39, 0.29) is 24.2 Å². The number of benzene rings is 1. The Kier molecular flexibility index (Phi) is 6.34. The molecule has 2 aliphatic rings. The first-order valence-corrected chi connectivity index (χ1v) is 9.71. The number of nitrogens with zero attached hydrogens (tertiary/aromatic N) is 3. The maximum atomic E-state index is 14.0. The lowest BCUT2D eigenvalue weighted by molar-refractivity contribution is -0.129. The van der Waals surface area contributed by atoms with Gasteiger partial charge in [-0.3, -0.25) is 9.69 Å². The summed E-state index contributed by atoms with van der Waals surface area (Å²) >= 11 is 0. The minimum absolute atomic E-state index is 0.00139. The molecule has 1 amide bonds. The van der Waals surface area contributed by atoms with Crippen LogP contribution in [-0.4, -0.2) is 83.9 Å². The van der Waals surface area contributed by atoms with Crippen molar-refractivity contribution in [3.63, 3.8) is 0 Å². The van der Waals surface area contributed by atoms with Gasteiger partial charge in [0.1, 0.15) is 5.82 Å². The Morgan fingerprint density at radius 2 is 1.89 bits per heavy atom. The molecule has 2 saturated heterocycles. The van der Waals surface area contributed by atoms with E-state index in [0.29, 0.717) is 64.3 Å². The van der Waals surface area contributed by atoms with Gasteiger partial charge < -0.3 is 20.0 Å². The molecule has 150 valence electrons. The van der Waals surface area contributed by atoms with Crippen molar-refractivity contribution >= 4 is 11.6 Å². The number of aliphatic hydroxyl groups is 2. The van der Waals surface area contributed by atoms with Crippen molar-refractivity contribution in [3.05, 3.63) is 30.1 Å². The number of amides is 1. The average Bonchev–Trinajstić information content (AvgIpc) is 2.85. The molecule has 27 heavy (non-hydrogen) atoms. The van der Waals surface area contributed by atoms with Crippen LogP contribution in [-0.2, 0) is 4.79 Å². The molecule has 1 atom stereocenters. The van der Waals surface area contributed by atoms with Crippen LogP contribution in [0, 0.1) is 11.7 Å². The number of aliphatic hydroxyl groups excluding tert-OH is 1.